The summed E-state index contributed by atoms with van der Waals surface area (Å²) in [5.41, 5.74) is 0.527. The Morgan fingerprint density at radius 2 is 2.07 bits per heavy atom. The van der Waals surface area contributed by atoms with E-state index in [0.29, 0.717) is 41.9 Å². The summed E-state index contributed by atoms with van der Waals surface area (Å²) in [6.45, 7) is -0.885. The van der Waals surface area contributed by atoms with Crippen molar-refractivity contribution >= 4 is 38.6 Å². The minimum atomic E-state index is -2.77. The third-order valence-electron chi connectivity index (χ3n) is 4.41. The van der Waals surface area contributed by atoms with Crippen LogP contribution in [0.5, 0.6) is 0 Å². The van der Waals surface area contributed by atoms with Gasteiger partial charge in [-0.25, -0.2) is 9.37 Å². The zero-order chi connectivity index (χ0) is 19.6. The van der Waals surface area contributed by atoms with Crippen LogP contribution in [0.2, 0.25) is 0 Å². The van der Waals surface area contributed by atoms with Crippen molar-refractivity contribution in [2.45, 2.75) is 51.0 Å². The molecule has 27 heavy (non-hydrogen) atoms. The predicted molar refractivity (Wildman–Crippen MR) is 99.5 cm³/mol. The number of rotatable bonds is 8. The molecule has 1 aliphatic rings. The molecular formula is C17H20BrF3N4O2. The lowest BCUT2D eigenvalue weighted by Crippen LogP contribution is -2.42. The van der Waals surface area contributed by atoms with Crippen molar-refractivity contribution in [3.05, 3.63) is 22.4 Å². The van der Waals surface area contributed by atoms with Crippen LogP contribution in [0.15, 0.2) is 16.6 Å². The zero-order valence-electron chi connectivity index (χ0n) is 14.6. The molecule has 0 amide bonds. The molecule has 3 N–H and O–H groups in total. The van der Waals surface area contributed by atoms with Gasteiger partial charge < -0.3 is 20.5 Å². The number of benzene rings is 1. The monoisotopic (exact) mass is 448 g/mol. The standard InChI is InChI=1S/C17H20BrF3N4O2/c1-8(2-3-26)22-15-11-6-13(19)12(18)7-14(11)24-17(25-15)23-9-4-10(5-9)27-16(20)21/h6-10,16,26H,2-5H2,1H3,(H2,22,23,24,25)/t8-,9?,10?/m0/s1. The number of alkyl halides is 2. The van der Waals surface area contributed by atoms with Gasteiger partial charge in [0, 0.05) is 24.1 Å². The number of ether oxygens (including phenoxy) is 1. The molecule has 1 saturated carbocycles. The van der Waals surface area contributed by atoms with Crippen LogP contribution >= 0.6 is 15.9 Å². The van der Waals surface area contributed by atoms with E-state index in [4.69, 9.17) is 5.11 Å². The van der Waals surface area contributed by atoms with Crippen molar-refractivity contribution in [1.82, 2.24) is 9.97 Å². The number of anilines is 2. The van der Waals surface area contributed by atoms with Crippen molar-refractivity contribution in [2.75, 3.05) is 17.2 Å². The maximum atomic E-state index is 14.0. The molecule has 2 aromatic rings. The zero-order valence-corrected chi connectivity index (χ0v) is 16.1. The molecule has 1 aromatic heterocycles. The van der Waals surface area contributed by atoms with E-state index in [-0.39, 0.29) is 23.2 Å². The van der Waals surface area contributed by atoms with Crippen LogP contribution in [0.3, 0.4) is 0 Å². The fourth-order valence-electron chi connectivity index (χ4n) is 2.92. The lowest BCUT2D eigenvalue weighted by Gasteiger charge is -2.35. The Bertz CT molecular complexity index is 805. The molecule has 0 aliphatic heterocycles. The highest BCUT2D eigenvalue weighted by Gasteiger charge is 2.32. The minimum absolute atomic E-state index is 0.00972. The topological polar surface area (TPSA) is 79.3 Å². The molecule has 1 fully saturated rings. The number of aromatic nitrogens is 2. The van der Waals surface area contributed by atoms with Gasteiger partial charge in [-0.3, -0.25) is 0 Å². The molecule has 1 atom stereocenters. The molecule has 0 bridgehead atoms. The van der Waals surface area contributed by atoms with Crippen LogP contribution in [0.4, 0.5) is 24.9 Å². The third-order valence-corrected chi connectivity index (χ3v) is 5.01. The molecule has 10 heteroatoms. The Hall–Kier alpha value is -1.65. The van der Waals surface area contributed by atoms with Crippen LogP contribution in [0.25, 0.3) is 10.9 Å². The second-order valence-electron chi connectivity index (χ2n) is 6.57. The van der Waals surface area contributed by atoms with Gasteiger partial charge in [-0.15, -0.1) is 0 Å². The number of hydrogen-bond acceptors (Lipinski definition) is 6. The van der Waals surface area contributed by atoms with Crippen molar-refractivity contribution in [2.24, 2.45) is 0 Å². The summed E-state index contributed by atoms with van der Waals surface area (Å²) in [7, 11) is 0. The van der Waals surface area contributed by atoms with Gasteiger partial charge in [-0.2, -0.15) is 13.8 Å². The van der Waals surface area contributed by atoms with E-state index in [1.54, 1.807) is 6.07 Å². The Kier molecular flexibility index (Phi) is 6.38. The van der Waals surface area contributed by atoms with Crippen LogP contribution in [-0.2, 0) is 4.74 Å². The summed E-state index contributed by atoms with van der Waals surface area (Å²) in [5, 5.41) is 15.9. The lowest BCUT2D eigenvalue weighted by atomic mass is 9.89. The van der Waals surface area contributed by atoms with E-state index < -0.39 is 18.5 Å². The minimum Gasteiger partial charge on any atom is -0.396 e. The fourth-order valence-corrected chi connectivity index (χ4v) is 3.25. The summed E-state index contributed by atoms with van der Waals surface area (Å²) in [6.07, 6.45) is 0.890. The average Bonchev–Trinajstić information content (AvgIpc) is 2.54. The first kappa shape index (κ1) is 20.1. The molecule has 1 heterocycles. The van der Waals surface area contributed by atoms with E-state index in [9.17, 15) is 13.2 Å². The highest BCUT2D eigenvalue weighted by Crippen LogP contribution is 2.31. The van der Waals surface area contributed by atoms with E-state index in [1.165, 1.54) is 6.07 Å². The number of aliphatic hydroxyl groups is 1. The molecule has 1 aromatic carbocycles. The Morgan fingerprint density at radius 3 is 2.74 bits per heavy atom. The fraction of sp³-hybridized carbons (Fsp3) is 0.529. The van der Waals surface area contributed by atoms with Gasteiger partial charge in [0.25, 0.3) is 0 Å². The molecule has 3 rings (SSSR count). The maximum absolute atomic E-state index is 14.0. The van der Waals surface area contributed by atoms with E-state index in [0.717, 1.165) is 0 Å². The lowest BCUT2D eigenvalue weighted by molar-refractivity contribution is -0.182. The number of hydrogen-bond donors (Lipinski definition) is 3. The molecule has 6 nitrogen and oxygen atoms in total. The SMILES string of the molecule is C[C@@H](CCO)Nc1nc(NC2CC(OC(F)F)C2)nc2cc(Br)c(F)cc12. The molecule has 0 spiro atoms. The normalized spacial score (nSPS) is 20.6. The van der Waals surface area contributed by atoms with Gasteiger partial charge in [-0.1, -0.05) is 0 Å². The Balaban J connectivity index is 1.82. The third kappa shape index (κ3) is 4.99. The van der Waals surface area contributed by atoms with Crippen LogP contribution in [-0.4, -0.2) is 46.5 Å². The Labute approximate surface area is 162 Å². The van der Waals surface area contributed by atoms with Gasteiger partial charge >= 0.3 is 6.61 Å². The van der Waals surface area contributed by atoms with E-state index in [1.807, 2.05) is 6.92 Å². The van der Waals surface area contributed by atoms with Crippen molar-refractivity contribution < 1.29 is 23.0 Å². The molecule has 0 radical (unpaired) electrons. The first-order valence-corrected chi connectivity index (χ1v) is 9.39. The van der Waals surface area contributed by atoms with Crippen LogP contribution < -0.4 is 10.6 Å². The predicted octanol–water partition coefficient (Wildman–Crippen LogP) is 3.90. The van der Waals surface area contributed by atoms with Gasteiger partial charge in [-0.05, 0) is 54.2 Å². The largest absolute Gasteiger partial charge is 0.396 e. The first-order valence-electron chi connectivity index (χ1n) is 8.60. The smallest absolute Gasteiger partial charge is 0.345 e. The second-order valence-corrected chi connectivity index (χ2v) is 7.42. The van der Waals surface area contributed by atoms with Gasteiger partial charge in [0.05, 0.1) is 16.1 Å². The number of nitrogens with zero attached hydrogens (tertiary/aromatic N) is 2. The molecular weight excluding hydrogens is 429 g/mol. The Morgan fingerprint density at radius 1 is 1.33 bits per heavy atom. The number of nitrogens with one attached hydrogen (secondary N) is 2. The van der Waals surface area contributed by atoms with Crippen molar-refractivity contribution in [3.63, 3.8) is 0 Å². The first-order chi connectivity index (χ1) is 12.9. The highest BCUT2D eigenvalue weighted by atomic mass is 79.9. The van der Waals surface area contributed by atoms with E-state index in [2.05, 4.69) is 41.3 Å². The van der Waals surface area contributed by atoms with Crippen molar-refractivity contribution in [3.8, 4) is 0 Å². The summed E-state index contributed by atoms with van der Waals surface area (Å²) in [4.78, 5) is 8.82. The second kappa shape index (κ2) is 8.57. The highest BCUT2D eigenvalue weighted by molar-refractivity contribution is 9.10. The number of aliphatic hydroxyl groups excluding tert-OH is 1. The average molecular weight is 449 g/mol. The summed E-state index contributed by atoms with van der Waals surface area (Å²) >= 11 is 3.15. The summed E-state index contributed by atoms with van der Waals surface area (Å²) in [5.74, 6) is 0.324. The molecule has 0 unspecified atom stereocenters. The van der Waals surface area contributed by atoms with Gasteiger partial charge in [0.15, 0.2) is 0 Å². The summed E-state index contributed by atoms with van der Waals surface area (Å²) < 4.78 is 43.1. The molecule has 1 aliphatic carbocycles. The quantitative estimate of drug-likeness (QED) is 0.568. The van der Waals surface area contributed by atoms with E-state index >= 15 is 0 Å². The van der Waals surface area contributed by atoms with Gasteiger partial charge in [0.2, 0.25) is 5.95 Å². The maximum Gasteiger partial charge on any atom is 0.345 e. The van der Waals surface area contributed by atoms with Crippen molar-refractivity contribution in [1.29, 1.82) is 0 Å². The van der Waals surface area contributed by atoms with Crippen LogP contribution in [0.1, 0.15) is 26.2 Å². The van der Waals surface area contributed by atoms with Crippen LogP contribution in [0, 0.1) is 5.82 Å². The molecule has 0 saturated heterocycles. The molecule has 148 valence electrons. The summed E-state index contributed by atoms with van der Waals surface area (Å²) in [6, 6.07) is 2.74. The number of halogens is 4. The number of fused-ring (bicyclic) bond motifs is 1. The van der Waals surface area contributed by atoms with Gasteiger partial charge in [0.1, 0.15) is 11.6 Å².